The summed E-state index contributed by atoms with van der Waals surface area (Å²) in [7, 11) is 0. The number of anilines is 1. The third kappa shape index (κ3) is 3.57. The number of aromatic carboxylic acids is 1. The van der Waals surface area contributed by atoms with Crippen molar-refractivity contribution in [3.05, 3.63) is 51.9 Å². The van der Waals surface area contributed by atoms with Gasteiger partial charge in [0.1, 0.15) is 0 Å². The molecule has 0 amide bonds. The Hall–Kier alpha value is -1.96. The largest absolute Gasteiger partial charge is 0.475 e. The van der Waals surface area contributed by atoms with Crippen LogP contribution in [0.25, 0.3) is 0 Å². The van der Waals surface area contributed by atoms with E-state index in [1.807, 2.05) is 0 Å². The predicted molar refractivity (Wildman–Crippen MR) is 72.1 cm³/mol. The molecule has 0 saturated carbocycles. The fourth-order valence-corrected chi connectivity index (χ4v) is 2.08. The molecule has 21 heavy (non-hydrogen) atoms. The van der Waals surface area contributed by atoms with Gasteiger partial charge in [-0.05, 0) is 40.2 Å². The molecule has 0 aliphatic carbocycles. The molecule has 2 aromatic rings. The van der Waals surface area contributed by atoms with Crippen LogP contribution < -0.4 is 5.32 Å². The van der Waals surface area contributed by atoms with E-state index in [0.717, 1.165) is 12.1 Å². The number of nitrogens with one attached hydrogen (secondary N) is 1. The topological polar surface area (TPSA) is 62.5 Å². The number of hydrogen-bond donors (Lipinski definition) is 2. The highest BCUT2D eigenvalue weighted by Gasteiger charge is 2.30. The summed E-state index contributed by atoms with van der Waals surface area (Å²) in [5.41, 5.74) is -0.243. The van der Waals surface area contributed by atoms with Crippen LogP contribution in [0.2, 0.25) is 0 Å². The van der Waals surface area contributed by atoms with Crippen LogP contribution in [0.3, 0.4) is 0 Å². The molecule has 1 aromatic carbocycles. The number of carboxylic acid groups (broad SMARTS) is 1. The van der Waals surface area contributed by atoms with Crippen LogP contribution in [-0.2, 0) is 12.7 Å². The normalized spacial score (nSPS) is 11.4. The Morgan fingerprint density at radius 1 is 1.33 bits per heavy atom. The van der Waals surface area contributed by atoms with E-state index in [4.69, 9.17) is 9.52 Å². The maximum atomic E-state index is 12.6. The molecule has 0 radical (unpaired) electrons. The van der Waals surface area contributed by atoms with E-state index >= 15 is 0 Å². The van der Waals surface area contributed by atoms with Crippen molar-refractivity contribution in [3.63, 3.8) is 0 Å². The van der Waals surface area contributed by atoms with Crippen LogP contribution in [0.4, 0.5) is 18.9 Å². The van der Waals surface area contributed by atoms with Crippen molar-refractivity contribution >= 4 is 27.6 Å². The highest BCUT2D eigenvalue weighted by molar-refractivity contribution is 9.10. The number of alkyl halides is 3. The molecule has 2 N–H and O–H groups in total. The summed E-state index contributed by atoms with van der Waals surface area (Å²) < 4.78 is 43.2. The molecule has 2 rings (SSSR count). The molecule has 0 spiro atoms. The van der Waals surface area contributed by atoms with Crippen LogP contribution in [0.1, 0.15) is 21.7 Å². The Labute approximate surface area is 125 Å². The second kappa shape index (κ2) is 5.80. The first kappa shape index (κ1) is 15.4. The molecular formula is C13H9BrF3NO3. The van der Waals surface area contributed by atoms with Gasteiger partial charge in [-0.1, -0.05) is 0 Å². The van der Waals surface area contributed by atoms with Gasteiger partial charge < -0.3 is 14.8 Å². The minimum absolute atomic E-state index is 0.0258. The fraction of sp³-hybridized carbons (Fsp3) is 0.154. The lowest BCUT2D eigenvalue weighted by Gasteiger charge is -2.12. The Morgan fingerprint density at radius 2 is 2.05 bits per heavy atom. The Balaban J connectivity index is 2.20. The molecule has 0 saturated heterocycles. The van der Waals surface area contributed by atoms with Gasteiger partial charge in [0, 0.05) is 22.3 Å². The summed E-state index contributed by atoms with van der Waals surface area (Å²) in [6, 6.07) is 4.62. The van der Waals surface area contributed by atoms with E-state index in [0.29, 0.717) is 10.0 Å². The zero-order valence-corrected chi connectivity index (χ0v) is 12.0. The van der Waals surface area contributed by atoms with Crippen molar-refractivity contribution in [1.29, 1.82) is 0 Å². The molecule has 0 atom stereocenters. The maximum Gasteiger partial charge on any atom is 0.416 e. The number of hydrogen-bond acceptors (Lipinski definition) is 3. The third-order valence-corrected chi connectivity index (χ3v) is 3.40. The summed E-state index contributed by atoms with van der Waals surface area (Å²) in [6.45, 7) is 0.0258. The van der Waals surface area contributed by atoms with Crippen LogP contribution >= 0.6 is 15.9 Å². The van der Waals surface area contributed by atoms with E-state index in [2.05, 4.69) is 21.2 Å². The lowest BCUT2D eigenvalue weighted by Crippen LogP contribution is -2.08. The van der Waals surface area contributed by atoms with Crippen LogP contribution in [0.5, 0.6) is 0 Å². The van der Waals surface area contributed by atoms with Crippen molar-refractivity contribution in [3.8, 4) is 0 Å². The molecule has 1 aromatic heterocycles. The van der Waals surface area contributed by atoms with Crippen molar-refractivity contribution in [2.45, 2.75) is 12.7 Å². The van der Waals surface area contributed by atoms with E-state index < -0.39 is 17.7 Å². The van der Waals surface area contributed by atoms with E-state index in [1.165, 1.54) is 18.4 Å². The standard InChI is InChI=1S/C13H9BrF3NO3/c14-9-2-1-8(13(15,16)17)5-10(9)18-6-7-3-4-21-11(7)12(19)20/h1-5,18H,6H2,(H,19,20). The highest BCUT2D eigenvalue weighted by Crippen LogP contribution is 2.34. The number of furan rings is 1. The van der Waals surface area contributed by atoms with Crippen molar-refractivity contribution in [2.75, 3.05) is 5.32 Å². The van der Waals surface area contributed by atoms with Gasteiger partial charge in [-0.15, -0.1) is 0 Å². The van der Waals surface area contributed by atoms with Gasteiger partial charge >= 0.3 is 12.1 Å². The SMILES string of the molecule is O=C(O)c1occc1CNc1cc(C(F)(F)F)ccc1Br. The lowest BCUT2D eigenvalue weighted by molar-refractivity contribution is -0.137. The van der Waals surface area contributed by atoms with Crippen LogP contribution in [0, 0.1) is 0 Å². The fourth-order valence-electron chi connectivity index (χ4n) is 1.69. The molecule has 0 unspecified atom stereocenters. The van der Waals surface area contributed by atoms with Gasteiger partial charge in [-0.3, -0.25) is 0 Å². The minimum atomic E-state index is -4.45. The second-order valence-electron chi connectivity index (χ2n) is 4.13. The van der Waals surface area contributed by atoms with Crippen molar-refractivity contribution < 1.29 is 27.5 Å². The summed E-state index contributed by atoms with van der Waals surface area (Å²) >= 11 is 3.14. The third-order valence-electron chi connectivity index (χ3n) is 2.70. The number of carbonyl (C=O) groups is 1. The average Bonchev–Trinajstić information content (AvgIpc) is 2.85. The summed E-state index contributed by atoms with van der Waals surface area (Å²) in [5.74, 6) is -1.48. The lowest BCUT2D eigenvalue weighted by atomic mass is 10.2. The number of benzene rings is 1. The molecule has 0 aliphatic rings. The number of rotatable bonds is 4. The van der Waals surface area contributed by atoms with Gasteiger partial charge in [0.25, 0.3) is 0 Å². The molecule has 4 nitrogen and oxygen atoms in total. The monoisotopic (exact) mass is 363 g/mol. The van der Waals surface area contributed by atoms with E-state index in [-0.39, 0.29) is 18.0 Å². The molecule has 8 heteroatoms. The first-order valence-corrected chi connectivity index (χ1v) is 6.48. The molecule has 1 heterocycles. The highest BCUT2D eigenvalue weighted by atomic mass is 79.9. The van der Waals surface area contributed by atoms with Gasteiger partial charge in [0.2, 0.25) is 5.76 Å². The first-order valence-electron chi connectivity index (χ1n) is 5.69. The smallest absolute Gasteiger partial charge is 0.416 e. The van der Waals surface area contributed by atoms with Crippen LogP contribution in [-0.4, -0.2) is 11.1 Å². The van der Waals surface area contributed by atoms with Crippen molar-refractivity contribution in [1.82, 2.24) is 0 Å². The summed E-state index contributed by atoms with van der Waals surface area (Å²) in [5, 5.41) is 11.6. The van der Waals surface area contributed by atoms with Crippen molar-refractivity contribution in [2.24, 2.45) is 0 Å². The maximum absolute atomic E-state index is 12.6. The Bertz CT molecular complexity index is 667. The zero-order valence-electron chi connectivity index (χ0n) is 10.4. The average molecular weight is 364 g/mol. The Kier molecular flexibility index (Phi) is 4.26. The van der Waals surface area contributed by atoms with Gasteiger partial charge in [0.05, 0.1) is 11.8 Å². The molecular weight excluding hydrogens is 355 g/mol. The minimum Gasteiger partial charge on any atom is -0.475 e. The van der Waals surface area contributed by atoms with Gasteiger partial charge in [-0.25, -0.2) is 4.79 Å². The van der Waals surface area contributed by atoms with Gasteiger partial charge in [0.15, 0.2) is 0 Å². The molecule has 0 bridgehead atoms. The van der Waals surface area contributed by atoms with E-state index in [1.54, 1.807) is 0 Å². The zero-order chi connectivity index (χ0) is 15.6. The van der Waals surface area contributed by atoms with Gasteiger partial charge in [-0.2, -0.15) is 13.2 Å². The predicted octanol–water partition coefficient (Wildman–Crippen LogP) is 4.37. The molecule has 0 aliphatic heterocycles. The summed E-state index contributed by atoms with van der Waals surface area (Å²) in [6.07, 6.45) is -3.24. The Morgan fingerprint density at radius 3 is 2.67 bits per heavy atom. The number of carboxylic acids is 1. The number of halogens is 4. The molecule has 112 valence electrons. The molecule has 0 fully saturated rings. The van der Waals surface area contributed by atoms with E-state index in [9.17, 15) is 18.0 Å². The first-order chi connectivity index (χ1) is 9.79. The van der Waals surface area contributed by atoms with Crippen LogP contribution in [0.15, 0.2) is 39.4 Å². The summed E-state index contributed by atoms with van der Waals surface area (Å²) in [4.78, 5) is 10.9. The second-order valence-corrected chi connectivity index (χ2v) is 4.98. The quantitative estimate of drug-likeness (QED) is 0.846.